The highest BCUT2D eigenvalue weighted by Gasteiger charge is 2.02. The molecule has 13 heavy (non-hydrogen) atoms. The van der Waals surface area contributed by atoms with Gasteiger partial charge in [-0.25, -0.2) is 4.39 Å². The first-order valence-electron chi connectivity index (χ1n) is 3.39. The van der Waals surface area contributed by atoms with Crippen molar-refractivity contribution in [1.82, 2.24) is 0 Å². The SMILES string of the molecule is N#Cc1cc(NC(N)=S)ccc1F. The molecule has 0 heterocycles. The summed E-state index contributed by atoms with van der Waals surface area (Å²) in [6, 6.07) is 5.68. The zero-order valence-corrected chi connectivity index (χ0v) is 7.36. The molecule has 0 saturated carbocycles. The summed E-state index contributed by atoms with van der Waals surface area (Å²) in [6.45, 7) is 0. The van der Waals surface area contributed by atoms with Crippen LogP contribution in [0.1, 0.15) is 5.56 Å². The molecule has 0 aliphatic rings. The Morgan fingerprint density at radius 2 is 2.31 bits per heavy atom. The van der Waals surface area contributed by atoms with Crippen molar-refractivity contribution in [2.45, 2.75) is 0 Å². The molecule has 5 heteroatoms. The van der Waals surface area contributed by atoms with Crippen molar-refractivity contribution < 1.29 is 4.39 Å². The van der Waals surface area contributed by atoms with E-state index in [4.69, 9.17) is 11.0 Å². The van der Waals surface area contributed by atoms with Gasteiger partial charge in [-0.1, -0.05) is 0 Å². The van der Waals surface area contributed by atoms with Crippen LogP contribution in [0.25, 0.3) is 0 Å². The van der Waals surface area contributed by atoms with Crippen molar-refractivity contribution in [1.29, 1.82) is 5.26 Å². The fraction of sp³-hybridized carbons (Fsp3) is 0. The molecule has 0 radical (unpaired) electrons. The number of nitrogens with two attached hydrogens (primary N) is 1. The van der Waals surface area contributed by atoms with Gasteiger partial charge in [0.25, 0.3) is 0 Å². The standard InChI is InChI=1S/C8H6FN3S/c9-7-2-1-6(12-8(11)13)3-5(7)4-10/h1-3H,(H3,11,12,13). The van der Waals surface area contributed by atoms with E-state index in [0.29, 0.717) is 5.69 Å². The summed E-state index contributed by atoms with van der Waals surface area (Å²) >= 11 is 4.58. The molecule has 0 aromatic heterocycles. The molecule has 1 aromatic carbocycles. The smallest absolute Gasteiger partial charge is 0.168 e. The molecule has 0 amide bonds. The second-order valence-electron chi connectivity index (χ2n) is 2.30. The van der Waals surface area contributed by atoms with Crippen LogP contribution in [-0.4, -0.2) is 5.11 Å². The van der Waals surface area contributed by atoms with Gasteiger partial charge in [0.05, 0.1) is 5.56 Å². The van der Waals surface area contributed by atoms with Crippen LogP contribution < -0.4 is 11.1 Å². The Morgan fingerprint density at radius 3 is 2.85 bits per heavy atom. The van der Waals surface area contributed by atoms with Crippen LogP contribution in [0.3, 0.4) is 0 Å². The molecule has 0 spiro atoms. The predicted octanol–water partition coefficient (Wildman–Crippen LogP) is 1.35. The number of benzene rings is 1. The van der Waals surface area contributed by atoms with Gasteiger partial charge in [0.15, 0.2) is 5.11 Å². The topological polar surface area (TPSA) is 61.8 Å². The molecular weight excluding hydrogens is 189 g/mol. The molecule has 0 unspecified atom stereocenters. The highest BCUT2D eigenvalue weighted by atomic mass is 32.1. The summed E-state index contributed by atoms with van der Waals surface area (Å²) in [7, 11) is 0. The number of halogens is 1. The minimum atomic E-state index is -0.559. The van der Waals surface area contributed by atoms with Crippen LogP contribution >= 0.6 is 12.2 Å². The lowest BCUT2D eigenvalue weighted by Crippen LogP contribution is -2.18. The Morgan fingerprint density at radius 1 is 1.62 bits per heavy atom. The first kappa shape index (κ1) is 9.42. The van der Waals surface area contributed by atoms with E-state index in [9.17, 15) is 4.39 Å². The summed E-state index contributed by atoms with van der Waals surface area (Å²) in [5, 5.41) is 11.2. The maximum Gasteiger partial charge on any atom is 0.168 e. The lowest BCUT2D eigenvalue weighted by molar-refractivity contribution is 0.624. The predicted molar refractivity (Wildman–Crippen MR) is 51.5 cm³/mol. The maximum atomic E-state index is 12.8. The third-order valence-corrected chi connectivity index (χ3v) is 1.46. The molecule has 0 bridgehead atoms. The van der Waals surface area contributed by atoms with E-state index in [2.05, 4.69) is 17.5 Å². The molecule has 66 valence electrons. The first-order valence-corrected chi connectivity index (χ1v) is 3.80. The van der Waals surface area contributed by atoms with Gasteiger partial charge in [-0.2, -0.15) is 5.26 Å². The van der Waals surface area contributed by atoms with Gasteiger partial charge >= 0.3 is 0 Å². The molecular formula is C8H6FN3S. The van der Waals surface area contributed by atoms with E-state index in [-0.39, 0.29) is 10.7 Å². The Kier molecular flexibility index (Phi) is 2.77. The third kappa shape index (κ3) is 2.39. The zero-order chi connectivity index (χ0) is 9.84. The lowest BCUT2D eigenvalue weighted by Gasteiger charge is -2.03. The van der Waals surface area contributed by atoms with Gasteiger partial charge in [-0.15, -0.1) is 0 Å². The minimum Gasteiger partial charge on any atom is -0.376 e. The Labute approximate surface area is 80.0 Å². The molecule has 3 nitrogen and oxygen atoms in total. The lowest BCUT2D eigenvalue weighted by atomic mass is 10.2. The molecule has 1 rings (SSSR count). The molecule has 0 atom stereocenters. The van der Waals surface area contributed by atoms with Crippen molar-refractivity contribution >= 4 is 23.0 Å². The minimum absolute atomic E-state index is 0.0405. The number of hydrogen-bond acceptors (Lipinski definition) is 2. The molecule has 0 aliphatic carbocycles. The van der Waals surface area contributed by atoms with E-state index >= 15 is 0 Å². The number of nitriles is 1. The van der Waals surface area contributed by atoms with Crippen molar-refractivity contribution in [2.75, 3.05) is 5.32 Å². The quantitative estimate of drug-likeness (QED) is 0.664. The van der Waals surface area contributed by atoms with Gasteiger partial charge in [-0.3, -0.25) is 0 Å². The molecule has 0 saturated heterocycles. The Balaban J connectivity index is 3.01. The average Bonchev–Trinajstić information content (AvgIpc) is 2.07. The largest absolute Gasteiger partial charge is 0.376 e. The third-order valence-electron chi connectivity index (χ3n) is 1.35. The number of hydrogen-bond donors (Lipinski definition) is 2. The van der Waals surface area contributed by atoms with Crippen LogP contribution in [0, 0.1) is 17.1 Å². The number of nitrogens with zero attached hydrogens (tertiary/aromatic N) is 1. The summed E-state index contributed by atoms with van der Waals surface area (Å²) in [4.78, 5) is 0. The van der Waals surface area contributed by atoms with E-state index < -0.39 is 5.82 Å². The average molecular weight is 195 g/mol. The highest BCUT2D eigenvalue weighted by Crippen LogP contribution is 2.13. The van der Waals surface area contributed by atoms with E-state index in [1.165, 1.54) is 18.2 Å². The Hall–Kier alpha value is -1.67. The van der Waals surface area contributed by atoms with Gasteiger partial charge in [0.1, 0.15) is 11.9 Å². The fourth-order valence-electron chi connectivity index (χ4n) is 0.831. The van der Waals surface area contributed by atoms with Crippen LogP contribution in [0.5, 0.6) is 0 Å². The number of thiocarbonyl (C=S) groups is 1. The van der Waals surface area contributed by atoms with E-state index in [1.54, 1.807) is 6.07 Å². The number of anilines is 1. The second-order valence-corrected chi connectivity index (χ2v) is 2.74. The highest BCUT2D eigenvalue weighted by molar-refractivity contribution is 7.80. The number of nitrogens with one attached hydrogen (secondary N) is 1. The van der Waals surface area contributed by atoms with Crippen molar-refractivity contribution in [3.8, 4) is 6.07 Å². The second kappa shape index (κ2) is 3.83. The maximum absolute atomic E-state index is 12.8. The molecule has 0 aliphatic heterocycles. The van der Waals surface area contributed by atoms with Gasteiger partial charge in [0.2, 0.25) is 0 Å². The van der Waals surface area contributed by atoms with Gasteiger partial charge in [0, 0.05) is 5.69 Å². The zero-order valence-electron chi connectivity index (χ0n) is 6.54. The van der Waals surface area contributed by atoms with Crippen LogP contribution in [0.15, 0.2) is 18.2 Å². The first-order chi connectivity index (χ1) is 6.13. The monoisotopic (exact) mass is 195 g/mol. The van der Waals surface area contributed by atoms with Crippen molar-refractivity contribution in [3.63, 3.8) is 0 Å². The Bertz CT molecular complexity index is 383. The van der Waals surface area contributed by atoms with Crippen LogP contribution in [-0.2, 0) is 0 Å². The summed E-state index contributed by atoms with van der Waals surface area (Å²) < 4.78 is 12.8. The number of rotatable bonds is 1. The van der Waals surface area contributed by atoms with Crippen molar-refractivity contribution in [2.24, 2.45) is 5.73 Å². The van der Waals surface area contributed by atoms with Crippen LogP contribution in [0.4, 0.5) is 10.1 Å². The van der Waals surface area contributed by atoms with E-state index in [0.717, 1.165) is 0 Å². The van der Waals surface area contributed by atoms with Crippen molar-refractivity contribution in [3.05, 3.63) is 29.6 Å². The molecule has 0 fully saturated rings. The van der Waals surface area contributed by atoms with E-state index in [1.807, 2.05) is 0 Å². The normalized spacial score (nSPS) is 8.92. The fourth-order valence-corrected chi connectivity index (χ4v) is 0.949. The molecule has 1 aromatic rings. The summed E-state index contributed by atoms with van der Waals surface area (Å²) in [5.74, 6) is -0.559. The van der Waals surface area contributed by atoms with Gasteiger partial charge < -0.3 is 11.1 Å². The molecule has 3 N–H and O–H groups in total. The van der Waals surface area contributed by atoms with Gasteiger partial charge in [-0.05, 0) is 30.4 Å². The summed E-state index contributed by atoms with van der Waals surface area (Å²) in [5.41, 5.74) is 5.66. The summed E-state index contributed by atoms with van der Waals surface area (Å²) in [6.07, 6.45) is 0. The van der Waals surface area contributed by atoms with Crippen LogP contribution in [0.2, 0.25) is 0 Å².